The number of thiophene rings is 1. The standard InChI is InChI=1S/C20H16ClN3OS2/c21-14-7-8-19-23-15(12-24(19)11-14)10-22-20(25)17-5-1-2-6-18(17)27-13-16-4-3-9-26-16/h1-9,11-12H,10,13H2,(H,22,25). The Morgan fingerprint density at radius 3 is 2.89 bits per heavy atom. The Balaban J connectivity index is 1.44. The van der Waals surface area contributed by atoms with E-state index in [0.29, 0.717) is 17.1 Å². The zero-order valence-corrected chi connectivity index (χ0v) is 16.7. The number of pyridine rings is 1. The summed E-state index contributed by atoms with van der Waals surface area (Å²) < 4.78 is 1.86. The molecule has 7 heteroatoms. The fourth-order valence-corrected chi connectivity index (χ4v) is 4.68. The molecule has 1 amide bonds. The third kappa shape index (κ3) is 4.35. The van der Waals surface area contributed by atoms with Gasteiger partial charge in [-0.1, -0.05) is 29.8 Å². The van der Waals surface area contributed by atoms with E-state index in [-0.39, 0.29) is 5.91 Å². The number of amides is 1. The molecule has 0 atom stereocenters. The first-order valence-electron chi connectivity index (χ1n) is 8.34. The first kappa shape index (κ1) is 18.1. The Labute approximate surface area is 170 Å². The molecule has 0 bridgehead atoms. The van der Waals surface area contributed by atoms with Gasteiger partial charge in [0, 0.05) is 27.9 Å². The number of imidazole rings is 1. The van der Waals surface area contributed by atoms with Crippen molar-refractivity contribution in [3.63, 3.8) is 0 Å². The summed E-state index contributed by atoms with van der Waals surface area (Å²) in [5, 5.41) is 5.68. The van der Waals surface area contributed by atoms with Gasteiger partial charge in [-0.2, -0.15) is 0 Å². The summed E-state index contributed by atoms with van der Waals surface area (Å²) in [5.74, 6) is 0.758. The summed E-state index contributed by atoms with van der Waals surface area (Å²) in [6.07, 6.45) is 3.67. The number of hydrogen-bond donors (Lipinski definition) is 1. The third-order valence-corrected chi connectivity index (χ3v) is 6.38. The third-order valence-electron chi connectivity index (χ3n) is 3.98. The summed E-state index contributed by atoms with van der Waals surface area (Å²) in [7, 11) is 0. The molecule has 1 aromatic carbocycles. The van der Waals surface area contributed by atoms with Crippen LogP contribution in [-0.4, -0.2) is 15.3 Å². The van der Waals surface area contributed by atoms with Crippen LogP contribution in [0.2, 0.25) is 5.02 Å². The zero-order valence-electron chi connectivity index (χ0n) is 14.3. The van der Waals surface area contributed by atoms with Crippen LogP contribution in [0.25, 0.3) is 5.65 Å². The number of fused-ring (bicyclic) bond motifs is 1. The summed E-state index contributed by atoms with van der Waals surface area (Å²) in [6, 6.07) is 15.5. The van der Waals surface area contributed by atoms with Gasteiger partial charge in [0.25, 0.3) is 5.91 Å². The van der Waals surface area contributed by atoms with Crippen LogP contribution in [-0.2, 0) is 12.3 Å². The molecule has 136 valence electrons. The second kappa shape index (κ2) is 8.17. The van der Waals surface area contributed by atoms with Crippen LogP contribution in [0.1, 0.15) is 20.9 Å². The highest BCUT2D eigenvalue weighted by Gasteiger charge is 2.12. The number of aromatic nitrogens is 2. The van der Waals surface area contributed by atoms with Crippen molar-refractivity contribution >= 4 is 46.3 Å². The van der Waals surface area contributed by atoms with Gasteiger partial charge < -0.3 is 9.72 Å². The molecule has 0 unspecified atom stereocenters. The van der Waals surface area contributed by atoms with Gasteiger partial charge in [-0.15, -0.1) is 23.1 Å². The summed E-state index contributed by atoms with van der Waals surface area (Å²) in [4.78, 5) is 19.5. The van der Waals surface area contributed by atoms with Crippen molar-refractivity contribution in [3.05, 3.63) is 87.5 Å². The molecule has 4 rings (SSSR count). The second-order valence-electron chi connectivity index (χ2n) is 5.89. The number of carbonyl (C=O) groups excluding carboxylic acids is 1. The van der Waals surface area contributed by atoms with Crippen molar-refractivity contribution in [2.24, 2.45) is 0 Å². The predicted molar refractivity (Wildman–Crippen MR) is 112 cm³/mol. The molecular weight excluding hydrogens is 398 g/mol. The van der Waals surface area contributed by atoms with Crippen molar-refractivity contribution < 1.29 is 4.79 Å². The maximum atomic E-state index is 12.7. The molecule has 27 heavy (non-hydrogen) atoms. The Kier molecular flexibility index (Phi) is 5.48. The number of carbonyl (C=O) groups is 1. The Hall–Kier alpha value is -2.28. The minimum absolute atomic E-state index is 0.0978. The van der Waals surface area contributed by atoms with Crippen LogP contribution < -0.4 is 5.32 Å². The molecule has 3 aromatic heterocycles. The van der Waals surface area contributed by atoms with Crippen molar-refractivity contribution in [2.45, 2.75) is 17.2 Å². The van der Waals surface area contributed by atoms with Crippen molar-refractivity contribution in [2.75, 3.05) is 0 Å². The quantitative estimate of drug-likeness (QED) is 0.438. The molecule has 0 fully saturated rings. The van der Waals surface area contributed by atoms with Gasteiger partial charge in [0.05, 0.1) is 22.8 Å². The predicted octanol–water partition coefficient (Wildman–Crippen LogP) is 5.27. The number of benzene rings is 1. The zero-order chi connectivity index (χ0) is 18.6. The maximum Gasteiger partial charge on any atom is 0.252 e. The topological polar surface area (TPSA) is 46.4 Å². The number of halogens is 1. The van der Waals surface area contributed by atoms with Gasteiger partial charge in [0.2, 0.25) is 0 Å². The molecule has 1 N–H and O–H groups in total. The monoisotopic (exact) mass is 413 g/mol. The van der Waals surface area contributed by atoms with E-state index < -0.39 is 0 Å². The fourth-order valence-electron chi connectivity index (χ4n) is 2.69. The second-order valence-corrected chi connectivity index (χ2v) is 8.38. The minimum Gasteiger partial charge on any atom is -0.346 e. The molecule has 3 heterocycles. The summed E-state index contributed by atoms with van der Waals surface area (Å²) in [6.45, 7) is 0.363. The Morgan fingerprint density at radius 1 is 1.15 bits per heavy atom. The van der Waals surface area contributed by atoms with E-state index in [1.54, 1.807) is 35.4 Å². The molecule has 0 aliphatic heterocycles. The number of thioether (sulfide) groups is 1. The minimum atomic E-state index is -0.0978. The maximum absolute atomic E-state index is 12.7. The lowest BCUT2D eigenvalue weighted by molar-refractivity contribution is 0.0947. The molecule has 0 saturated carbocycles. The summed E-state index contributed by atoms with van der Waals surface area (Å²) >= 11 is 9.40. The van der Waals surface area contributed by atoms with Crippen molar-refractivity contribution in [3.8, 4) is 0 Å². The van der Waals surface area contributed by atoms with Crippen LogP contribution in [0, 0.1) is 0 Å². The van der Waals surface area contributed by atoms with E-state index in [0.717, 1.165) is 22.0 Å². The molecule has 4 aromatic rings. The highest BCUT2D eigenvalue weighted by Crippen LogP contribution is 2.28. The smallest absolute Gasteiger partial charge is 0.252 e. The molecule has 4 nitrogen and oxygen atoms in total. The Morgan fingerprint density at radius 2 is 2.04 bits per heavy atom. The van der Waals surface area contributed by atoms with Gasteiger partial charge >= 0.3 is 0 Å². The van der Waals surface area contributed by atoms with Gasteiger partial charge in [-0.05, 0) is 35.7 Å². The highest BCUT2D eigenvalue weighted by atomic mass is 35.5. The van der Waals surface area contributed by atoms with E-state index in [2.05, 4.69) is 21.7 Å². The van der Waals surface area contributed by atoms with E-state index in [9.17, 15) is 4.79 Å². The van der Waals surface area contributed by atoms with Gasteiger partial charge in [0.15, 0.2) is 0 Å². The van der Waals surface area contributed by atoms with E-state index in [4.69, 9.17) is 11.6 Å². The van der Waals surface area contributed by atoms with Crippen LogP contribution >= 0.6 is 34.7 Å². The summed E-state index contributed by atoms with van der Waals surface area (Å²) in [5.41, 5.74) is 2.27. The normalized spacial score (nSPS) is 11.0. The SMILES string of the molecule is O=C(NCc1cn2cc(Cl)ccc2n1)c1ccccc1SCc1cccs1. The number of nitrogens with one attached hydrogen (secondary N) is 1. The lowest BCUT2D eigenvalue weighted by Gasteiger charge is -2.09. The van der Waals surface area contributed by atoms with E-state index >= 15 is 0 Å². The first-order valence-corrected chi connectivity index (χ1v) is 10.6. The molecular formula is C20H16ClN3OS2. The fraction of sp³-hybridized carbons (Fsp3) is 0.100. The van der Waals surface area contributed by atoms with E-state index in [1.807, 2.05) is 47.0 Å². The van der Waals surface area contributed by atoms with Gasteiger partial charge in [-0.25, -0.2) is 4.98 Å². The number of hydrogen-bond acceptors (Lipinski definition) is 4. The molecule has 0 aliphatic carbocycles. The number of rotatable bonds is 6. The Bertz CT molecular complexity index is 1080. The lowest BCUT2D eigenvalue weighted by atomic mass is 10.2. The molecule has 0 aliphatic rings. The van der Waals surface area contributed by atoms with Gasteiger partial charge in [0.1, 0.15) is 5.65 Å². The van der Waals surface area contributed by atoms with Crippen LogP contribution in [0.4, 0.5) is 0 Å². The van der Waals surface area contributed by atoms with Crippen molar-refractivity contribution in [1.29, 1.82) is 0 Å². The van der Waals surface area contributed by atoms with Crippen molar-refractivity contribution in [1.82, 2.24) is 14.7 Å². The van der Waals surface area contributed by atoms with Crippen LogP contribution in [0.3, 0.4) is 0 Å². The molecule has 0 saturated heterocycles. The molecule has 0 radical (unpaired) electrons. The average Bonchev–Trinajstić information content (AvgIpc) is 3.33. The van der Waals surface area contributed by atoms with E-state index in [1.165, 1.54) is 4.88 Å². The highest BCUT2D eigenvalue weighted by molar-refractivity contribution is 7.98. The average molecular weight is 414 g/mol. The number of nitrogens with zero attached hydrogens (tertiary/aromatic N) is 2. The van der Waals surface area contributed by atoms with Crippen LogP contribution in [0.15, 0.2) is 71.2 Å². The van der Waals surface area contributed by atoms with Crippen LogP contribution in [0.5, 0.6) is 0 Å². The molecule has 0 spiro atoms. The first-order chi connectivity index (χ1) is 13.2. The lowest BCUT2D eigenvalue weighted by Crippen LogP contribution is -2.23. The largest absolute Gasteiger partial charge is 0.346 e. The van der Waals surface area contributed by atoms with Gasteiger partial charge in [-0.3, -0.25) is 4.79 Å².